The molecule has 1 aliphatic rings. The number of aromatic nitrogens is 2. The predicted octanol–water partition coefficient (Wildman–Crippen LogP) is 0.783. The zero-order chi connectivity index (χ0) is 12.1. The van der Waals surface area contributed by atoms with Crippen molar-refractivity contribution >= 4 is 0 Å². The Balaban J connectivity index is 1.75. The quantitative estimate of drug-likeness (QED) is 0.835. The van der Waals surface area contributed by atoms with E-state index in [2.05, 4.69) is 10.3 Å². The van der Waals surface area contributed by atoms with E-state index in [1.165, 1.54) is 12.4 Å². The van der Waals surface area contributed by atoms with Crippen LogP contribution in [-0.2, 0) is 16.1 Å². The summed E-state index contributed by atoms with van der Waals surface area (Å²) < 4.78 is 36.5. The van der Waals surface area contributed by atoms with Crippen LogP contribution in [0, 0.1) is 0 Å². The third-order valence-electron chi connectivity index (χ3n) is 2.50. The van der Waals surface area contributed by atoms with Gasteiger partial charge in [0.2, 0.25) is 0 Å². The van der Waals surface area contributed by atoms with Crippen LogP contribution in [-0.4, -0.2) is 42.0 Å². The summed E-state index contributed by atoms with van der Waals surface area (Å²) in [4.78, 5) is 3.82. The summed E-state index contributed by atoms with van der Waals surface area (Å²) >= 11 is 0. The molecule has 2 rings (SSSR count). The summed E-state index contributed by atoms with van der Waals surface area (Å²) in [5.74, 6) is 0.226. The van der Waals surface area contributed by atoms with Crippen molar-refractivity contribution in [2.45, 2.75) is 19.3 Å². The van der Waals surface area contributed by atoms with Crippen molar-refractivity contribution in [3.8, 4) is 0 Å². The largest absolute Gasteiger partial charge is 0.373 e. The monoisotopic (exact) mass is 247 g/mol. The highest BCUT2D eigenvalue weighted by Crippen LogP contribution is 2.13. The Bertz CT molecular complexity index is 340. The third-order valence-corrected chi connectivity index (χ3v) is 2.50. The summed E-state index contributed by atoms with van der Waals surface area (Å²) in [6, 6.07) is 0. The topological polar surface area (TPSA) is 48.3 Å². The maximum absolute atomic E-state index is 12.5. The molecule has 1 saturated heterocycles. The average Bonchev–Trinajstić information content (AvgIpc) is 2.79. The molecule has 96 valence electrons. The standard InChI is InChI=1S/C10H15F2N3O2/c11-10(12)15-3-1-14-9(15)7-16-6-8-5-13-2-4-17-8/h1,3,8,10,13H,2,4-7H2. The molecule has 7 heteroatoms. The van der Waals surface area contributed by atoms with Gasteiger partial charge in [0.1, 0.15) is 12.4 Å². The first-order chi connectivity index (χ1) is 8.27. The molecule has 1 atom stereocenters. The number of imidazole rings is 1. The molecule has 0 amide bonds. The maximum atomic E-state index is 12.5. The van der Waals surface area contributed by atoms with Crippen molar-refractivity contribution in [1.29, 1.82) is 0 Å². The van der Waals surface area contributed by atoms with Gasteiger partial charge >= 0.3 is 6.55 Å². The summed E-state index contributed by atoms with van der Waals surface area (Å²) in [5.41, 5.74) is 0. The van der Waals surface area contributed by atoms with Crippen LogP contribution in [0.15, 0.2) is 12.4 Å². The van der Waals surface area contributed by atoms with Gasteiger partial charge in [0.15, 0.2) is 0 Å². The van der Waals surface area contributed by atoms with E-state index in [4.69, 9.17) is 9.47 Å². The molecule has 1 aromatic heterocycles. The van der Waals surface area contributed by atoms with E-state index in [-0.39, 0.29) is 18.5 Å². The molecular formula is C10H15F2N3O2. The van der Waals surface area contributed by atoms with Crippen LogP contribution in [0.4, 0.5) is 8.78 Å². The predicted molar refractivity (Wildman–Crippen MR) is 55.7 cm³/mol. The molecule has 0 radical (unpaired) electrons. The summed E-state index contributed by atoms with van der Waals surface area (Å²) in [7, 11) is 0. The number of nitrogens with zero attached hydrogens (tertiary/aromatic N) is 2. The van der Waals surface area contributed by atoms with Crippen LogP contribution < -0.4 is 5.32 Å². The second-order valence-corrected chi connectivity index (χ2v) is 3.74. The van der Waals surface area contributed by atoms with E-state index in [9.17, 15) is 8.78 Å². The molecule has 1 aliphatic heterocycles. The second kappa shape index (κ2) is 6.04. The van der Waals surface area contributed by atoms with E-state index >= 15 is 0 Å². The Morgan fingerprint density at radius 1 is 1.65 bits per heavy atom. The average molecular weight is 247 g/mol. The van der Waals surface area contributed by atoms with E-state index in [1.54, 1.807) is 0 Å². The number of alkyl halides is 2. The molecule has 0 aliphatic carbocycles. The minimum absolute atomic E-state index is 0.0151. The fraction of sp³-hybridized carbons (Fsp3) is 0.700. The fourth-order valence-corrected chi connectivity index (χ4v) is 1.64. The van der Waals surface area contributed by atoms with E-state index in [0.29, 0.717) is 13.2 Å². The van der Waals surface area contributed by atoms with Gasteiger partial charge in [-0.1, -0.05) is 0 Å². The van der Waals surface area contributed by atoms with Crippen LogP contribution in [0.5, 0.6) is 0 Å². The zero-order valence-electron chi connectivity index (χ0n) is 9.31. The molecule has 1 unspecified atom stereocenters. The smallest absolute Gasteiger partial charge is 0.320 e. The van der Waals surface area contributed by atoms with Crippen molar-refractivity contribution in [1.82, 2.24) is 14.9 Å². The number of hydrogen-bond donors (Lipinski definition) is 1. The number of rotatable bonds is 5. The highest BCUT2D eigenvalue weighted by atomic mass is 19.3. The van der Waals surface area contributed by atoms with Gasteiger partial charge in [0.25, 0.3) is 0 Å². The van der Waals surface area contributed by atoms with Crippen LogP contribution in [0.25, 0.3) is 0 Å². The van der Waals surface area contributed by atoms with Gasteiger partial charge < -0.3 is 14.8 Å². The first-order valence-corrected chi connectivity index (χ1v) is 5.47. The van der Waals surface area contributed by atoms with Gasteiger partial charge in [0.05, 0.1) is 19.3 Å². The van der Waals surface area contributed by atoms with Crippen molar-refractivity contribution in [3.05, 3.63) is 18.2 Å². The van der Waals surface area contributed by atoms with Crippen molar-refractivity contribution in [3.63, 3.8) is 0 Å². The number of ether oxygens (including phenoxy) is 2. The third kappa shape index (κ3) is 3.45. The Morgan fingerprint density at radius 3 is 3.24 bits per heavy atom. The Hall–Kier alpha value is -1.05. The van der Waals surface area contributed by atoms with E-state index < -0.39 is 6.55 Å². The van der Waals surface area contributed by atoms with Crippen LogP contribution in [0.2, 0.25) is 0 Å². The summed E-state index contributed by atoms with van der Waals surface area (Å²) in [6.07, 6.45) is 2.56. The van der Waals surface area contributed by atoms with Crippen LogP contribution in [0.1, 0.15) is 12.4 Å². The van der Waals surface area contributed by atoms with E-state index in [0.717, 1.165) is 17.7 Å². The molecule has 1 aromatic rings. The zero-order valence-corrected chi connectivity index (χ0v) is 9.31. The fourth-order valence-electron chi connectivity index (χ4n) is 1.64. The molecule has 2 heterocycles. The molecule has 0 aromatic carbocycles. The van der Waals surface area contributed by atoms with E-state index in [1.807, 2.05) is 0 Å². The van der Waals surface area contributed by atoms with Gasteiger partial charge in [-0.15, -0.1) is 0 Å². The summed E-state index contributed by atoms with van der Waals surface area (Å²) in [6.45, 7) is 0.0824. The number of hydrogen-bond acceptors (Lipinski definition) is 4. The molecule has 1 fully saturated rings. The second-order valence-electron chi connectivity index (χ2n) is 3.74. The molecule has 0 saturated carbocycles. The van der Waals surface area contributed by atoms with Gasteiger partial charge in [-0.2, -0.15) is 8.78 Å². The summed E-state index contributed by atoms with van der Waals surface area (Å²) in [5, 5.41) is 3.16. The molecule has 1 N–H and O–H groups in total. The lowest BCUT2D eigenvalue weighted by Gasteiger charge is -2.23. The maximum Gasteiger partial charge on any atom is 0.320 e. The number of morpholine rings is 1. The lowest BCUT2D eigenvalue weighted by atomic mass is 10.3. The minimum Gasteiger partial charge on any atom is -0.373 e. The first-order valence-electron chi connectivity index (χ1n) is 5.47. The lowest BCUT2D eigenvalue weighted by Crippen LogP contribution is -2.41. The molecule has 5 nitrogen and oxygen atoms in total. The molecule has 17 heavy (non-hydrogen) atoms. The molecule has 0 bridgehead atoms. The van der Waals surface area contributed by atoms with Gasteiger partial charge in [0, 0.05) is 25.5 Å². The molecule has 0 spiro atoms. The number of halogens is 2. The first kappa shape index (κ1) is 12.4. The lowest BCUT2D eigenvalue weighted by molar-refractivity contribution is -0.0392. The highest BCUT2D eigenvalue weighted by molar-refractivity contribution is 4.90. The number of nitrogens with one attached hydrogen (secondary N) is 1. The minimum atomic E-state index is -2.58. The van der Waals surface area contributed by atoms with Crippen molar-refractivity contribution in [2.24, 2.45) is 0 Å². The van der Waals surface area contributed by atoms with Crippen LogP contribution in [0.3, 0.4) is 0 Å². The van der Waals surface area contributed by atoms with Gasteiger partial charge in [-0.05, 0) is 0 Å². The van der Waals surface area contributed by atoms with Crippen LogP contribution >= 0.6 is 0 Å². The van der Waals surface area contributed by atoms with Gasteiger partial charge in [-0.25, -0.2) is 4.98 Å². The SMILES string of the molecule is FC(F)n1ccnc1COCC1CNCCO1. The Labute approximate surface area is 97.7 Å². The van der Waals surface area contributed by atoms with Gasteiger partial charge in [-0.3, -0.25) is 4.57 Å². The Kier molecular flexibility index (Phi) is 4.41. The normalized spacial score (nSPS) is 21.0. The van der Waals surface area contributed by atoms with Crippen molar-refractivity contribution in [2.75, 3.05) is 26.3 Å². The molecular weight excluding hydrogens is 232 g/mol. The van der Waals surface area contributed by atoms with Crippen molar-refractivity contribution < 1.29 is 18.3 Å². The highest BCUT2D eigenvalue weighted by Gasteiger charge is 2.15. The Morgan fingerprint density at radius 2 is 2.53 bits per heavy atom.